The molecule has 150 valence electrons. The van der Waals surface area contributed by atoms with E-state index in [4.69, 9.17) is 4.74 Å². The van der Waals surface area contributed by atoms with Crippen LogP contribution in [-0.4, -0.2) is 56.8 Å². The molecule has 2 aromatic carbocycles. The van der Waals surface area contributed by atoms with Gasteiger partial charge in [-0.1, -0.05) is 18.2 Å². The zero-order valence-corrected chi connectivity index (χ0v) is 16.5. The Morgan fingerprint density at radius 3 is 2.29 bits per heavy atom. The molecule has 0 unspecified atom stereocenters. The lowest BCUT2D eigenvalue weighted by molar-refractivity contribution is -0.132. The fourth-order valence-electron chi connectivity index (χ4n) is 3.18. The Morgan fingerprint density at radius 1 is 1.04 bits per heavy atom. The van der Waals surface area contributed by atoms with E-state index in [0.717, 1.165) is 0 Å². The summed E-state index contributed by atoms with van der Waals surface area (Å²) in [6.45, 7) is 1.12. The fourth-order valence-corrected chi connectivity index (χ4v) is 4.60. The molecule has 3 rings (SSSR count). The third-order valence-electron chi connectivity index (χ3n) is 4.85. The van der Waals surface area contributed by atoms with Gasteiger partial charge in [-0.2, -0.15) is 4.31 Å². The molecule has 0 saturated carbocycles. The second kappa shape index (κ2) is 8.70. The van der Waals surface area contributed by atoms with Crippen LogP contribution >= 0.6 is 0 Å². The van der Waals surface area contributed by atoms with Gasteiger partial charge in [-0.25, -0.2) is 12.8 Å². The summed E-state index contributed by atoms with van der Waals surface area (Å²) in [6.07, 6.45) is 0.530. The number of methoxy groups -OCH3 is 1. The van der Waals surface area contributed by atoms with E-state index in [0.29, 0.717) is 30.8 Å². The van der Waals surface area contributed by atoms with Gasteiger partial charge in [0.25, 0.3) is 0 Å². The van der Waals surface area contributed by atoms with Crippen LogP contribution in [0.3, 0.4) is 0 Å². The molecule has 0 radical (unpaired) electrons. The minimum Gasteiger partial charge on any atom is -0.497 e. The second-order valence-corrected chi connectivity index (χ2v) is 8.49. The average Bonchev–Trinajstić information content (AvgIpc) is 2.73. The predicted octanol–water partition coefficient (Wildman–Crippen LogP) is 2.30. The number of halogens is 1. The van der Waals surface area contributed by atoms with Crippen LogP contribution < -0.4 is 4.74 Å². The second-order valence-electron chi connectivity index (χ2n) is 6.55. The number of ether oxygens (including phenoxy) is 1. The molecule has 0 spiro atoms. The quantitative estimate of drug-likeness (QED) is 0.738. The van der Waals surface area contributed by atoms with Crippen molar-refractivity contribution >= 4 is 15.9 Å². The lowest BCUT2D eigenvalue weighted by Crippen LogP contribution is -2.50. The lowest BCUT2D eigenvalue weighted by atomic mass is 10.1. The molecule has 1 fully saturated rings. The Morgan fingerprint density at radius 2 is 1.68 bits per heavy atom. The predicted molar refractivity (Wildman–Crippen MR) is 103 cm³/mol. The van der Waals surface area contributed by atoms with Crippen LogP contribution in [0.1, 0.15) is 12.0 Å². The highest BCUT2D eigenvalue weighted by molar-refractivity contribution is 7.89. The SMILES string of the molecule is COc1ccc(S(=O)(=O)N2CCN(C(=O)CCc3ccccc3F)CC2)cc1. The van der Waals surface area contributed by atoms with Gasteiger partial charge in [0.05, 0.1) is 12.0 Å². The molecular weight excluding hydrogens is 383 g/mol. The number of carbonyl (C=O) groups is 1. The van der Waals surface area contributed by atoms with Crippen LogP contribution in [0.5, 0.6) is 5.75 Å². The minimum absolute atomic E-state index is 0.0928. The number of aryl methyl sites for hydroxylation is 1. The molecule has 0 atom stereocenters. The molecule has 1 aliphatic heterocycles. The molecule has 1 amide bonds. The number of nitrogens with zero attached hydrogens (tertiary/aromatic N) is 2. The van der Waals surface area contributed by atoms with Gasteiger partial charge in [0, 0.05) is 32.6 Å². The first-order chi connectivity index (χ1) is 13.4. The summed E-state index contributed by atoms with van der Waals surface area (Å²) in [5, 5.41) is 0. The molecule has 1 aliphatic rings. The Labute approximate surface area is 164 Å². The van der Waals surface area contributed by atoms with Gasteiger partial charge in [0.15, 0.2) is 0 Å². The van der Waals surface area contributed by atoms with Crippen molar-refractivity contribution in [2.75, 3.05) is 33.3 Å². The Bertz CT molecular complexity index is 923. The van der Waals surface area contributed by atoms with E-state index in [1.165, 1.54) is 29.6 Å². The number of amides is 1. The van der Waals surface area contributed by atoms with Gasteiger partial charge >= 0.3 is 0 Å². The van der Waals surface area contributed by atoms with Crippen molar-refractivity contribution in [3.63, 3.8) is 0 Å². The van der Waals surface area contributed by atoms with Crippen molar-refractivity contribution in [2.24, 2.45) is 0 Å². The van der Waals surface area contributed by atoms with E-state index in [1.54, 1.807) is 35.2 Å². The summed E-state index contributed by atoms with van der Waals surface area (Å²) in [6, 6.07) is 12.6. The molecule has 0 bridgehead atoms. The van der Waals surface area contributed by atoms with Crippen LogP contribution in [-0.2, 0) is 21.2 Å². The third kappa shape index (κ3) is 4.51. The highest BCUT2D eigenvalue weighted by Crippen LogP contribution is 2.21. The maximum absolute atomic E-state index is 13.7. The van der Waals surface area contributed by atoms with Gasteiger partial charge < -0.3 is 9.64 Å². The number of benzene rings is 2. The molecule has 6 nitrogen and oxygen atoms in total. The molecule has 0 aromatic heterocycles. The van der Waals surface area contributed by atoms with E-state index in [1.807, 2.05) is 0 Å². The summed E-state index contributed by atoms with van der Waals surface area (Å²) < 4.78 is 45.6. The molecule has 1 saturated heterocycles. The van der Waals surface area contributed by atoms with Crippen molar-refractivity contribution in [1.82, 2.24) is 9.21 Å². The lowest BCUT2D eigenvalue weighted by Gasteiger charge is -2.34. The summed E-state index contributed by atoms with van der Waals surface area (Å²) in [4.78, 5) is 14.2. The molecule has 0 N–H and O–H groups in total. The Kier molecular flexibility index (Phi) is 6.31. The van der Waals surface area contributed by atoms with E-state index < -0.39 is 10.0 Å². The summed E-state index contributed by atoms with van der Waals surface area (Å²) in [7, 11) is -2.09. The van der Waals surface area contributed by atoms with Crippen LogP contribution in [0.2, 0.25) is 0 Å². The number of hydrogen-bond acceptors (Lipinski definition) is 4. The smallest absolute Gasteiger partial charge is 0.243 e. The highest BCUT2D eigenvalue weighted by atomic mass is 32.2. The minimum atomic E-state index is -3.61. The first-order valence-corrected chi connectivity index (χ1v) is 10.5. The molecule has 2 aromatic rings. The third-order valence-corrected chi connectivity index (χ3v) is 6.77. The standard InChI is InChI=1S/C20H23FN2O4S/c1-27-17-7-9-18(10-8-17)28(25,26)23-14-12-22(13-15-23)20(24)11-6-16-4-2-3-5-19(16)21/h2-5,7-10H,6,11-15H2,1H3. The van der Waals surface area contributed by atoms with Crippen molar-refractivity contribution in [3.05, 3.63) is 59.9 Å². The highest BCUT2D eigenvalue weighted by Gasteiger charge is 2.30. The molecule has 1 heterocycles. The van der Waals surface area contributed by atoms with E-state index in [9.17, 15) is 17.6 Å². The molecule has 0 aliphatic carbocycles. The number of carbonyl (C=O) groups excluding carboxylic acids is 1. The Balaban J connectivity index is 1.55. The maximum atomic E-state index is 13.7. The number of rotatable bonds is 6. The van der Waals surface area contributed by atoms with E-state index in [-0.39, 0.29) is 36.1 Å². The van der Waals surface area contributed by atoms with Crippen LogP contribution in [0, 0.1) is 5.82 Å². The first kappa shape index (κ1) is 20.3. The topological polar surface area (TPSA) is 66.9 Å². The van der Waals surface area contributed by atoms with Crippen LogP contribution in [0.4, 0.5) is 4.39 Å². The molecule has 8 heteroatoms. The normalized spacial score (nSPS) is 15.4. The van der Waals surface area contributed by atoms with E-state index in [2.05, 4.69) is 0 Å². The summed E-state index contributed by atoms with van der Waals surface area (Å²) in [5.74, 6) is 0.180. The number of hydrogen-bond donors (Lipinski definition) is 0. The van der Waals surface area contributed by atoms with Crippen LogP contribution in [0.15, 0.2) is 53.4 Å². The van der Waals surface area contributed by atoms with E-state index >= 15 is 0 Å². The van der Waals surface area contributed by atoms with Gasteiger partial charge in [-0.3, -0.25) is 4.79 Å². The number of sulfonamides is 1. The fraction of sp³-hybridized carbons (Fsp3) is 0.350. The van der Waals surface area contributed by atoms with Crippen molar-refractivity contribution in [3.8, 4) is 5.75 Å². The zero-order chi connectivity index (χ0) is 20.1. The molecule has 28 heavy (non-hydrogen) atoms. The van der Waals surface area contributed by atoms with Crippen molar-refractivity contribution in [2.45, 2.75) is 17.7 Å². The van der Waals surface area contributed by atoms with Gasteiger partial charge in [0.1, 0.15) is 11.6 Å². The van der Waals surface area contributed by atoms with Crippen molar-refractivity contribution in [1.29, 1.82) is 0 Å². The van der Waals surface area contributed by atoms with Crippen LogP contribution in [0.25, 0.3) is 0 Å². The summed E-state index contributed by atoms with van der Waals surface area (Å²) >= 11 is 0. The average molecular weight is 406 g/mol. The Hall–Kier alpha value is -2.45. The van der Waals surface area contributed by atoms with Gasteiger partial charge in [-0.05, 0) is 42.3 Å². The largest absolute Gasteiger partial charge is 0.497 e. The zero-order valence-electron chi connectivity index (χ0n) is 15.7. The molecular formula is C20H23FN2O4S. The maximum Gasteiger partial charge on any atom is 0.243 e. The number of piperazine rings is 1. The monoisotopic (exact) mass is 406 g/mol. The first-order valence-electron chi connectivity index (χ1n) is 9.07. The van der Waals surface area contributed by atoms with Gasteiger partial charge in [-0.15, -0.1) is 0 Å². The van der Waals surface area contributed by atoms with Gasteiger partial charge in [0.2, 0.25) is 15.9 Å². The summed E-state index contributed by atoms with van der Waals surface area (Å²) in [5.41, 5.74) is 0.511. The van der Waals surface area contributed by atoms with Crippen molar-refractivity contribution < 1.29 is 22.3 Å².